The van der Waals surface area contributed by atoms with Crippen LogP contribution < -0.4 is 10.6 Å². The van der Waals surface area contributed by atoms with E-state index in [1.807, 2.05) is 19.1 Å². The van der Waals surface area contributed by atoms with E-state index < -0.39 is 11.8 Å². The summed E-state index contributed by atoms with van der Waals surface area (Å²) in [6.45, 7) is 2.15. The normalized spacial score (nSPS) is 10.1. The van der Waals surface area contributed by atoms with Crippen molar-refractivity contribution < 1.29 is 9.59 Å². The molecule has 0 aliphatic heterocycles. The monoisotopic (exact) mass is 428 g/mol. The van der Waals surface area contributed by atoms with Crippen LogP contribution in [0.2, 0.25) is 5.02 Å². The summed E-state index contributed by atoms with van der Waals surface area (Å²) in [4.78, 5) is 23.7. The van der Waals surface area contributed by atoms with Crippen molar-refractivity contribution in [1.29, 1.82) is 0 Å². The predicted molar refractivity (Wildman–Crippen MR) is 95.8 cm³/mol. The van der Waals surface area contributed by atoms with Crippen LogP contribution in [-0.4, -0.2) is 11.8 Å². The van der Waals surface area contributed by atoms with Crippen LogP contribution in [0.5, 0.6) is 0 Å². The lowest BCUT2D eigenvalue weighted by molar-refractivity contribution is -0.136. The van der Waals surface area contributed by atoms with Crippen molar-refractivity contribution in [3.8, 4) is 0 Å². The molecule has 0 aliphatic carbocycles. The number of halogens is 2. The lowest BCUT2D eigenvalue weighted by Crippen LogP contribution is -2.35. The highest BCUT2D eigenvalue weighted by Crippen LogP contribution is 2.17. The molecule has 2 aromatic carbocycles. The molecular weight excluding hydrogens is 415 g/mol. The molecule has 0 radical (unpaired) electrons. The first-order chi connectivity index (χ1) is 10.5. The molecule has 0 atom stereocenters. The average molecular weight is 429 g/mol. The second-order valence-electron chi connectivity index (χ2n) is 4.72. The molecular formula is C16H14ClIN2O2. The fourth-order valence-corrected chi connectivity index (χ4v) is 2.58. The SMILES string of the molecule is Cc1cc(I)ccc1NC(=O)C(=O)NCc1ccc(Cl)cc1. The van der Waals surface area contributed by atoms with Gasteiger partial charge in [-0.1, -0.05) is 23.7 Å². The van der Waals surface area contributed by atoms with Crippen molar-refractivity contribution in [1.82, 2.24) is 5.32 Å². The van der Waals surface area contributed by atoms with E-state index in [-0.39, 0.29) is 6.54 Å². The van der Waals surface area contributed by atoms with Crippen LogP contribution in [0.4, 0.5) is 5.69 Å². The van der Waals surface area contributed by atoms with Gasteiger partial charge in [-0.05, 0) is 71.0 Å². The van der Waals surface area contributed by atoms with E-state index in [1.54, 1.807) is 30.3 Å². The Bertz CT molecular complexity index is 702. The molecule has 114 valence electrons. The largest absolute Gasteiger partial charge is 0.344 e. The van der Waals surface area contributed by atoms with E-state index in [2.05, 4.69) is 33.2 Å². The number of rotatable bonds is 3. The minimum Gasteiger partial charge on any atom is -0.344 e. The summed E-state index contributed by atoms with van der Waals surface area (Å²) < 4.78 is 1.07. The van der Waals surface area contributed by atoms with Crippen LogP contribution in [0.15, 0.2) is 42.5 Å². The highest BCUT2D eigenvalue weighted by Gasteiger charge is 2.14. The van der Waals surface area contributed by atoms with Crippen molar-refractivity contribution >= 4 is 51.7 Å². The van der Waals surface area contributed by atoms with Gasteiger partial charge in [0.25, 0.3) is 0 Å². The summed E-state index contributed by atoms with van der Waals surface area (Å²) in [5.74, 6) is -1.36. The number of benzene rings is 2. The standard InChI is InChI=1S/C16H14ClIN2O2/c1-10-8-13(18)6-7-14(10)20-16(22)15(21)19-9-11-2-4-12(17)5-3-11/h2-8H,9H2,1H3,(H,19,21)(H,20,22). The van der Waals surface area contributed by atoms with Gasteiger partial charge in [0, 0.05) is 20.8 Å². The quantitative estimate of drug-likeness (QED) is 0.581. The van der Waals surface area contributed by atoms with E-state index in [1.165, 1.54) is 0 Å². The topological polar surface area (TPSA) is 58.2 Å². The summed E-state index contributed by atoms with van der Waals surface area (Å²) in [6, 6.07) is 12.6. The molecule has 0 saturated carbocycles. The third-order valence-corrected chi connectivity index (χ3v) is 3.93. The van der Waals surface area contributed by atoms with Crippen molar-refractivity contribution in [3.63, 3.8) is 0 Å². The van der Waals surface area contributed by atoms with Gasteiger partial charge in [0.2, 0.25) is 0 Å². The molecule has 2 aromatic rings. The first kappa shape index (κ1) is 16.8. The average Bonchev–Trinajstić information content (AvgIpc) is 2.49. The van der Waals surface area contributed by atoms with Gasteiger partial charge in [0.15, 0.2) is 0 Å². The summed E-state index contributed by atoms with van der Waals surface area (Å²) in [6.07, 6.45) is 0. The minimum absolute atomic E-state index is 0.273. The Kier molecular flexibility index (Phi) is 5.79. The maximum absolute atomic E-state index is 11.9. The molecule has 0 aromatic heterocycles. The molecule has 0 unspecified atom stereocenters. The lowest BCUT2D eigenvalue weighted by atomic mass is 10.2. The number of carbonyl (C=O) groups excluding carboxylic acids is 2. The number of anilines is 1. The molecule has 0 fully saturated rings. The maximum atomic E-state index is 11.9. The summed E-state index contributed by atoms with van der Waals surface area (Å²) >= 11 is 7.98. The Labute approximate surface area is 147 Å². The molecule has 6 heteroatoms. The second-order valence-corrected chi connectivity index (χ2v) is 6.40. The van der Waals surface area contributed by atoms with Gasteiger partial charge in [0.05, 0.1) is 0 Å². The number of amides is 2. The Morgan fingerprint density at radius 2 is 1.77 bits per heavy atom. The number of aryl methyl sites for hydroxylation is 1. The zero-order valence-corrected chi connectivity index (χ0v) is 14.7. The Morgan fingerprint density at radius 1 is 1.09 bits per heavy atom. The number of hydrogen-bond donors (Lipinski definition) is 2. The fraction of sp³-hybridized carbons (Fsp3) is 0.125. The van der Waals surface area contributed by atoms with Crippen LogP contribution >= 0.6 is 34.2 Å². The van der Waals surface area contributed by atoms with E-state index in [0.29, 0.717) is 10.7 Å². The second kappa shape index (κ2) is 7.60. The molecule has 2 N–H and O–H groups in total. The Hall–Kier alpha value is -1.60. The first-order valence-corrected chi connectivity index (χ1v) is 8.01. The van der Waals surface area contributed by atoms with E-state index in [4.69, 9.17) is 11.6 Å². The van der Waals surface area contributed by atoms with Gasteiger partial charge in [-0.25, -0.2) is 0 Å². The van der Waals surface area contributed by atoms with E-state index in [9.17, 15) is 9.59 Å². The van der Waals surface area contributed by atoms with Crippen molar-refractivity contribution in [3.05, 3.63) is 62.2 Å². The highest BCUT2D eigenvalue weighted by molar-refractivity contribution is 14.1. The summed E-state index contributed by atoms with van der Waals surface area (Å²) in [5.41, 5.74) is 2.41. The van der Waals surface area contributed by atoms with E-state index in [0.717, 1.165) is 14.7 Å². The van der Waals surface area contributed by atoms with Gasteiger partial charge in [-0.3, -0.25) is 9.59 Å². The molecule has 0 heterocycles. The lowest BCUT2D eigenvalue weighted by Gasteiger charge is -2.09. The number of hydrogen-bond acceptors (Lipinski definition) is 2. The van der Waals surface area contributed by atoms with Crippen LogP contribution in [-0.2, 0) is 16.1 Å². The van der Waals surface area contributed by atoms with Gasteiger partial charge < -0.3 is 10.6 Å². The summed E-state index contributed by atoms with van der Waals surface area (Å²) in [5, 5.41) is 5.81. The highest BCUT2D eigenvalue weighted by atomic mass is 127. The Morgan fingerprint density at radius 3 is 2.41 bits per heavy atom. The van der Waals surface area contributed by atoms with E-state index >= 15 is 0 Å². The van der Waals surface area contributed by atoms with Gasteiger partial charge in [0.1, 0.15) is 0 Å². The number of nitrogens with one attached hydrogen (secondary N) is 2. The van der Waals surface area contributed by atoms with Crippen LogP contribution in [0.3, 0.4) is 0 Å². The smallest absolute Gasteiger partial charge is 0.313 e. The summed E-state index contributed by atoms with van der Waals surface area (Å²) in [7, 11) is 0. The number of carbonyl (C=O) groups is 2. The zero-order valence-electron chi connectivity index (χ0n) is 11.8. The van der Waals surface area contributed by atoms with Crippen molar-refractivity contribution in [2.75, 3.05) is 5.32 Å². The third-order valence-electron chi connectivity index (χ3n) is 3.01. The molecule has 0 bridgehead atoms. The first-order valence-electron chi connectivity index (χ1n) is 6.55. The van der Waals surface area contributed by atoms with Crippen LogP contribution in [0, 0.1) is 10.5 Å². The molecule has 2 rings (SSSR count). The third kappa shape index (κ3) is 4.71. The van der Waals surface area contributed by atoms with Crippen molar-refractivity contribution in [2.45, 2.75) is 13.5 Å². The van der Waals surface area contributed by atoms with Crippen LogP contribution in [0.25, 0.3) is 0 Å². The molecule has 0 saturated heterocycles. The fourth-order valence-electron chi connectivity index (χ4n) is 1.81. The zero-order chi connectivity index (χ0) is 16.1. The molecule has 4 nitrogen and oxygen atoms in total. The molecule has 2 amide bonds. The predicted octanol–water partition coefficient (Wildman–Crippen LogP) is 3.51. The van der Waals surface area contributed by atoms with Gasteiger partial charge >= 0.3 is 11.8 Å². The van der Waals surface area contributed by atoms with Crippen molar-refractivity contribution in [2.24, 2.45) is 0 Å². The van der Waals surface area contributed by atoms with Gasteiger partial charge in [-0.15, -0.1) is 0 Å². The maximum Gasteiger partial charge on any atom is 0.313 e. The molecule has 0 aliphatic rings. The van der Waals surface area contributed by atoms with Gasteiger partial charge in [-0.2, -0.15) is 0 Å². The minimum atomic E-state index is -0.682. The van der Waals surface area contributed by atoms with Crippen LogP contribution in [0.1, 0.15) is 11.1 Å². The molecule has 22 heavy (non-hydrogen) atoms. The Balaban J connectivity index is 1.92. The molecule has 0 spiro atoms.